The van der Waals surface area contributed by atoms with Gasteiger partial charge in [-0.2, -0.15) is 13.2 Å². The second-order valence-corrected chi connectivity index (χ2v) is 12.1. The Morgan fingerprint density at radius 2 is 1.76 bits per heavy atom. The van der Waals surface area contributed by atoms with Crippen LogP contribution in [0.15, 0.2) is 82.4 Å². The summed E-state index contributed by atoms with van der Waals surface area (Å²) in [6.45, 7) is 4.55. The molecule has 0 amide bonds. The van der Waals surface area contributed by atoms with Crippen LogP contribution in [0.1, 0.15) is 52.5 Å². The first-order valence-electron chi connectivity index (χ1n) is 14.2. The molecule has 0 saturated heterocycles. The number of thioether (sulfide) groups is 1. The van der Waals surface area contributed by atoms with Gasteiger partial charge in [0.25, 0.3) is 0 Å². The molecule has 1 heterocycles. The number of allylic oxidation sites excluding steroid dienone is 1. The third-order valence-electron chi connectivity index (χ3n) is 7.58. The molecule has 0 unspecified atom stereocenters. The second-order valence-electron chi connectivity index (χ2n) is 10.4. The Balaban J connectivity index is 1.48. The lowest BCUT2D eigenvalue weighted by atomic mass is 9.90. The minimum absolute atomic E-state index is 0.0484. The summed E-state index contributed by atoms with van der Waals surface area (Å²) in [5.41, 5.74) is 4.65. The number of rotatable bonds is 10. The highest BCUT2D eigenvalue weighted by molar-refractivity contribution is 7.99. The van der Waals surface area contributed by atoms with E-state index in [1.54, 1.807) is 42.5 Å². The fourth-order valence-corrected chi connectivity index (χ4v) is 6.34. The van der Waals surface area contributed by atoms with Crippen LogP contribution in [0.4, 0.5) is 13.2 Å². The lowest BCUT2D eigenvalue weighted by molar-refractivity contribution is -0.199. The zero-order chi connectivity index (χ0) is 32.3. The predicted molar refractivity (Wildman–Crippen MR) is 170 cm³/mol. The van der Waals surface area contributed by atoms with Crippen LogP contribution < -0.4 is 0 Å². The van der Waals surface area contributed by atoms with E-state index < -0.39 is 17.9 Å². The molecule has 232 valence electrons. The molecule has 4 aromatic rings. The molecule has 1 aliphatic carbocycles. The van der Waals surface area contributed by atoms with Gasteiger partial charge < -0.3 is 9.40 Å². The Kier molecular flexibility index (Phi) is 9.65. The van der Waals surface area contributed by atoms with Crippen LogP contribution in [0.5, 0.6) is 0 Å². The summed E-state index contributed by atoms with van der Waals surface area (Å²) >= 11 is 7.29. The number of carbonyl (C=O) groups is 3. The van der Waals surface area contributed by atoms with Gasteiger partial charge in [-0.15, -0.1) is 11.8 Å². The summed E-state index contributed by atoms with van der Waals surface area (Å²) < 4.78 is 40.7. The Morgan fingerprint density at radius 1 is 1.02 bits per heavy atom. The Labute approximate surface area is 266 Å². The first-order chi connectivity index (χ1) is 21.5. The number of alkyl halides is 3. The van der Waals surface area contributed by atoms with E-state index in [9.17, 15) is 27.6 Å². The van der Waals surface area contributed by atoms with Crippen molar-refractivity contribution in [3.63, 3.8) is 0 Å². The number of benzene rings is 3. The number of Topliss-reactive ketones (excluding diaryl/α,β-unsaturated/α-hetero) is 1. The number of ketones is 2. The van der Waals surface area contributed by atoms with E-state index in [-0.39, 0.29) is 23.7 Å². The van der Waals surface area contributed by atoms with Gasteiger partial charge in [0, 0.05) is 67.5 Å². The van der Waals surface area contributed by atoms with E-state index >= 15 is 0 Å². The molecular weight excluding hydrogens is 625 g/mol. The average Bonchev–Trinajstić information content (AvgIpc) is 3.34. The number of carbonyl (C=O) groups excluding carboxylic acids is 3. The molecule has 0 fully saturated rings. The van der Waals surface area contributed by atoms with Gasteiger partial charge in [0.2, 0.25) is 5.78 Å². The van der Waals surface area contributed by atoms with Crippen LogP contribution >= 0.6 is 23.4 Å². The molecule has 3 aromatic carbocycles. The Bertz CT molecular complexity index is 1860. The van der Waals surface area contributed by atoms with Crippen molar-refractivity contribution in [3.05, 3.63) is 105 Å². The van der Waals surface area contributed by atoms with Crippen molar-refractivity contribution in [1.29, 1.82) is 0 Å². The zero-order valence-electron chi connectivity index (χ0n) is 24.4. The van der Waals surface area contributed by atoms with Crippen LogP contribution in [0.25, 0.3) is 17.0 Å². The van der Waals surface area contributed by atoms with Crippen LogP contribution in [0, 0.1) is 6.92 Å². The van der Waals surface area contributed by atoms with Gasteiger partial charge in [0.15, 0.2) is 5.78 Å². The third kappa shape index (κ3) is 7.07. The summed E-state index contributed by atoms with van der Waals surface area (Å²) in [5.74, 6) is -2.94. The maximum absolute atomic E-state index is 13.7. The van der Waals surface area contributed by atoms with E-state index in [1.165, 1.54) is 11.8 Å². The van der Waals surface area contributed by atoms with Crippen molar-refractivity contribution in [1.82, 2.24) is 4.57 Å². The molecule has 45 heavy (non-hydrogen) atoms. The topological polar surface area (TPSA) is 77.7 Å². The maximum Gasteiger partial charge on any atom is 0.493 e. The van der Waals surface area contributed by atoms with Crippen LogP contribution in [0.2, 0.25) is 5.02 Å². The summed E-state index contributed by atoms with van der Waals surface area (Å²) in [5, 5.41) is 4.74. The van der Waals surface area contributed by atoms with Gasteiger partial charge in [-0.05, 0) is 80.8 Å². The van der Waals surface area contributed by atoms with Crippen LogP contribution in [-0.2, 0) is 27.4 Å². The monoisotopic (exact) mass is 652 g/mol. The maximum atomic E-state index is 13.7. The molecule has 11 heteroatoms. The van der Waals surface area contributed by atoms with E-state index in [2.05, 4.69) is 14.6 Å². The number of hydrogen-bond donors (Lipinski definition) is 0. The standard InChI is InChI=1S/C34H28ClF3N2O4S/c1-3-40-29-14-8-21(31(41)25-7-5-4-6-20(25)2)18-26(29)27-19-22(9-15-30(27)40)32(42)28(39-44-33(43)34(36,37)38)16-17-45-24-12-10-23(35)11-13-24/h4-8,10-14,18-19H,3,9,15-17H2,1-2H3. The normalized spacial score (nSPS) is 13.4. The molecule has 1 aliphatic rings. The number of hydrogen-bond acceptors (Lipinski definition) is 6. The highest BCUT2D eigenvalue weighted by atomic mass is 35.5. The molecule has 0 atom stereocenters. The van der Waals surface area contributed by atoms with Crippen molar-refractivity contribution in [2.45, 2.75) is 50.7 Å². The van der Waals surface area contributed by atoms with E-state index in [1.807, 2.05) is 44.2 Å². The summed E-state index contributed by atoms with van der Waals surface area (Å²) in [6.07, 6.45) is -2.79. The third-order valence-corrected chi connectivity index (χ3v) is 8.84. The average molecular weight is 653 g/mol. The van der Waals surface area contributed by atoms with Crippen molar-refractivity contribution in [2.75, 3.05) is 5.75 Å². The first-order valence-corrected chi connectivity index (χ1v) is 15.6. The van der Waals surface area contributed by atoms with Gasteiger partial charge in [-0.3, -0.25) is 9.59 Å². The summed E-state index contributed by atoms with van der Waals surface area (Å²) in [6, 6.07) is 19.8. The molecule has 0 aliphatic heterocycles. The van der Waals surface area contributed by atoms with Gasteiger partial charge in [-0.1, -0.05) is 41.0 Å². The van der Waals surface area contributed by atoms with Gasteiger partial charge >= 0.3 is 12.1 Å². The van der Waals surface area contributed by atoms with Gasteiger partial charge in [0.1, 0.15) is 5.71 Å². The molecular formula is C34H28ClF3N2O4S. The fraction of sp³-hybridized carbons (Fsp3) is 0.235. The van der Waals surface area contributed by atoms with Crippen molar-refractivity contribution in [2.24, 2.45) is 5.16 Å². The first kappa shape index (κ1) is 32.2. The van der Waals surface area contributed by atoms with Crippen LogP contribution in [0.3, 0.4) is 0 Å². The molecule has 6 nitrogen and oxygen atoms in total. The van der Waals surface area contributed by atoms with Crippen LogP contribution in [-0.4, -0.2) is 39.7 Å². The number of aryl methyl sites for hydroxylation is 2. The van der Waals surface area contributed by atoms with E-state index in [0.29, 0.717) is 41.1 Å². The van der Waals surface area contributed by atoms with Crippen molar-refractivity contribution >= 4 is 63.6 Å². The summed E-state index contributed by atoms with van der Waals surface area (Å²) in [4.78, 5) is 43.5. The molecule has 5 rings (SSSR count). The number of fused-ring (bicyclic) bond motifs is 3. The predicted octanol–water partition coefficient (Wildman–Crippen LogP) is 8.40. The fourth-order valence-electron chi connectivity index (χ4n) is 5.36. The molecule has 0 radical (unpaired) electrons. The zero-order valence-corrected chi connectivity index (χ0v) is 26.0. The van der Waals surface area contributed by atoms with E-state index in [4.69, 9.17) is 11.6 Å². The molecule has 0 N–H and O–H groups in total. The van der Waals surface area contributed by atoms with Gasteiger partial charge in [0.05, 0.1) is 0 Å². The highest BCUT2D eigenvalue weighted by Gasteiger charge is 2.42. The SMILES string of the molecule is CCn1c2c(c3cc(C(=O)c4ccccc4C)ccc31)C=C(C(=O)C(CCSc1ccc(Cl)cc1)=NOC(=O)C(F)(F)F)CC2. The second kappa shape index (κ2) is 13.5. The Morgan fingerprint density at radius 3 is 2.44 bits per heavy atom. The Hall–Kier alpha value is -4.15. The van der Waals surface area contributed by atoms with Crippen molar-refractivity contribution < 1.29 is 32.4 Å². The number of aromatic nitrogens is 1. The number of oxime groups is 1. The summed E-state index contributed by atoms with van der Waals surface area (Å²) in [7, 11) is 0. The number of nitrogens with zero attached hydrogens (tertiary/aromatic N) is 2. The lowest BCUT2D eigenvalue weighted by Gasteiger charge is -2.16. The molecule has 1 aromatic heterocycles. The lowest BCUT2D eigenvalue weighted by Crippen LogP contribution is -2.26. The molecule has 0 spiro atoms. The minimum atomic E-state index is -5.26. The smallest absolute Gasteiger partial charge is 0.344 e. The quantitative estimate of drug-likeness (QED) is 0.0565. The molecule has 0 bridgehead atoms. The highest BCUT2D eigenvalue weighted by Crippen LogP contribution is 2.35. The van der Waals surface area contributed by atoms with Gasteiger partial charge in [-0.25, -0.2) is 4.79 Å². The minimum Gasteiger partial charge on any atom is -0.344 e. The molecule has 0 saturated carbocycles. The van der Waals surface area contributed by atoms with E-state index in [0.717, 1.165) is 32.6 Å². The van der Waals surface area contributed by atoms with Crippen molar-refractivity contribution in [3.8, 4) is 0 Å². The number of halogens is 4. The largest absolute Gasteiger partial charge is 0.493 e.